The molecular formula is C15H25N3O2. The van der Waals surface area contributed by atoms with Crippen LogP contribution in [0.3, 0.4) is 0 Å². The van der Waals surface area contributed by atoms with E-state index in [2.05, 4.69) is 5.32 Å². The number of urea groups is 1. The summed E-state index contributed by atoms with van der Waals surface area (Å²) in [5, 5.41) is 2.86. The smallest absolute Gasteiger partial charge is 0.317 e. The zero-order chi connectivity index (χ0) is 13.9. The first-order valence-corrected chi connectivity index (χ1v) is 8.09. The highest BCUT2D eigenvalue weighted by Crippen LogP contribution is 2.27. The second kappa shape index (κ2) is 6.02. The van der Waals surface area contributed by atoms with Crippen LogP contribution in [0, 0.1) is 5.92 Å². The van der Waals surface area contributed by atoms with E-state index >= 15 is 0 Å². The molecule has 3 fully saturated rings. The zero-order valence-electron chi connectivity index (χ0n) is 12.1. The highest BCUT2D eigenvalue weighted by molar-refractivity contribution is 5.79. The Morgan fingerprint density at radius 1 is 1.05 bits per heavy atom. The number of carbonyl (C=O) groups excluding carboxylic acids is 2. The topological polar surface area (TPSA) is 52.7 Å². The van der Waals surface area contributed by atoms with E-state index in [9.17, 15) is 9.59 Å². The van der Waals surface area contributed by atoms with Crippen LogP contribution >= 0.6 is 0 Å². The van der Waals surface area contributed by atoms with Crippen LogP contribution in [-0.4, -0.2) is 54.0 Å². The Morgan fingerprint density at radius 2 is 1.85 bits per heavy atom. The van der Waals surface area contributed by atoms with Crippen LogP contribution in [0.25, 0.3) is 0 Å². The molecule has 0 aromatic rings. The van der Waals surface area contributed by atoms with Gasteiger partial charge in [0.15, 0.2) is 0 Å². The Bertz CT molecular complexity index is 379. The average molecular weight is 279 g/mol. The van der Waals surface area contributed by atoms with E-state index < -0.39 is 0 Å². The molecule has 5 nitrogen and oxygen atoms in total. The van der Waals surface area contributed by atoms with Gasteiger partial charge >= 0.3 is 6.03 Å². The van der Waals surface area contributed by atoms with Crippen molar-refractivity contribution in [1.82, 2.24) is 15.1 Å². The van der Waals surface area contributed by atoms with Crippen LogP contribution < -0.4 is 5.32 Å². The van der Waals surface area contributed by atoms with Crippen LogP contribution in [0.2, 0.25) is 0 Å². The first-order chi connectivity index (χ1) is 9.75. The number of nitrogens with zero attached hydrogens (tertiary/aromatic N) is 2. The lowest BCUT2D eigenvalue weighted by atomic mass is 9.87. The van der Waals surface area contributed by atoms with Crippen LogP contribution in [0.4, 0.5) is 4.79 Å². The van der Waals surface area contributed by atoms with Crippen molar-refractivity contribution in [2.75, 3.05) is 26.2 Å². The molecule has 20 heavy (non-hydrogen) atoms. The van der Waals surface area contributed by atoms with Gasteiger partial charge in [0.25, 0.3) is 0 Å². The third kappa shape index (κ3) is 2.76. The third-order valence-electron chi connectivity index (χ3n) is 4.99. The summed E-state index contributed by atoms with van der Waals surface area (Å²) in [4.78, 5) is 28.3. The van der Waals surface area contributed by atoms with Crippen molar-refractivity contribution in [3.63, 3.8) is 0 Å². The summed E-state index contributed by atoms with van der Waals surface area (Å²) in [5.74, 6) is 0.587. The molecule has 1 aliphatic carbocycles. The predicted octanol–water partition coefficient (Wildman–Crippen LogP) is 1.58. The summed E-state index contributed by atoms with van der Waals surface area (Å²) >= 11 is 0. The molecule has 0 aromatic heterocycles. The normalized spacial score (nSPS) is 28.6. The number of hydrogen-bond donors (Lipinski definition) is 1. The summed E-state index contributed by atoms with van der Waals surface area (Å²) in [5.41, 5.74) is 0. The van der Waals surface area contributed by atoms with E-state index in [1.807, 2.05) is 9.80 Å². The first kappa shape index (κ1) is 13.7. The highest BCUT2D eigenvalue weighted by Gasteiger charge is 2.34. The Labute approximate surface area is 120 Å². The van der Waals surface area contributed by atoms with Gasteiger partial charge in [-0.05, 0) is 25.7 Å². The van der Waals surface area contributed by atoms with Crippen molar-refractivity contribution in [2.24, 2.45) is 5.92 Å². The summed E-state index contributed by atoms with van der Waals surface area (Å²) < 4.78 is 0. The van der Waals surface area contributed by atoms with E-state index in [-0.39, 0.29) is 18.0 Å². The molecule has 1 N–H and O–H groups in total. The zero-order valence-corrected chi connectivity index (χ0v) is 12.1. The fraction of sp³-hybridized carbons (Fsp3) is 0.867. The maximum Gasteiger partial charge on any atom is 0.317 e. The average Bonchev–Trinajstić information content (AvgIpc) is 2.94. The van der Waals surface area contributed by atoms with Crippen molar-refractivity contribution in [1.29, 1.82) is 0 Å². The number of likely N-dealkylation sites (tertiary alicyclic amines) is 1. The maximum atomic E-state index is 12.6. The lowest BCUT2D eigenvalue weighted by molar-refractivity contribution is -0.138. The van der Waals surface area contributed by atoms with Gasteiger partial charge in [-0.15, -0.1) is 0 Å². The van der Waals surface area contributed by atoms with Crippen molar-refractivity contribution in [3.8, 4) is 0 Å². The lowest BCUT2D eigenvalue weighted by Gasteiger charge is -2.39. The summed E-state index contributed by atoms with van der Waals surface area (Å²) in [6, 6.07) is 0.265. The van der Waals surface area contributed by atoms with Crippen molar-refractivity contribution >= 4 is 11.9 Å². The monoisotopic (exact) mass is 279 g/mol. The van der Waals surface area contributed by atoms with Gasteiger partial charge in [0.1, 0.15) is 0 Å². The standard InChI is InChI=1S/C15H25N3O2/c19-14(12-5-2-1-3-6-12)17-9-4-7-13(11-17)18-10-8-16-15(18)20/h12-13H,1-11H2,(H,16,20). The molecule has 0 aromatic carbocycles. The van der Waals surface area contributed by atoms with E-state index in [0.29, 0.717) is 5.91 Å². The van der Waals surface area contributed by atoms with Gasteiger partial charge in [-0.3, -0.25) is 4.79 Å². The molecule has 1 unspecified atom stereocenters. The molecule has 2 saturated heterocycles. The van der Waals surface area contributed by atoms with E-state index in [4.69, 9.17) is 0 Å². The fourth-order valence-corrected chi connectivity index (χ4v) is 3.85. The van der Waals surface area contributed by atoms with Gasteiger partial charge in [0, 0.05) is 32.1 Å². The van der Waals surface area contributed by atoms with E-state index in [1.165, 1.54) is 19.3 Å². The fourth-order valence-electron chi connectivity index (χ4n) is 3.85. The van der Waals surface area contributed by atoms with Crippen molar-refractivity contribution in [2.45, 2.75) is 51.0 Å². The van der Waals surface area contributed by atoms with Crippen LogP contribution in [0.1, 0.15) is 44.9 Å². The largest absolute Gasteiger partial charge is 0.340 e. The Morgan fingerprint density at radius 3 is 2.55 bits per heavy atom. The minimum absolute atomic E-state index is 0.0435. The number of piperidine rings is 1. The molecule has 3 amide bonds. The Hall–Kier alpha value is -1.26. The molecule has 112 valence electrons. The van der Waals surface area contributed by atoms with Crippen LogP contribution in [0.5, 0.6) is 0 Å². The molecule has 0 spiro atoms. The maximum absolute atomic E-state index is 12.6. The number of hydrogen-bond acceptors (Lipinski definition) is 2. The van der Waals surface area contributed by atoms with Crippen LogP contribution in [-0.2, 0) is 4.79 Å². The second-order valence-electron chi connectivity index (χ2n) is 6.34. The number of carbonyl (C=O) groups is 2. The summed E-state index contributed by atoms with van der Waals surface area (Å²) in [6.07, 6.45) is 7.84. The minimum atomic E-state index is 0.0435. The number of rotatable bonds is 2. The van der Waals surface area contributed by atoms with Crippen molar-refractivity contribution in [3.05, 3.63) is 0 Å². The molecule has 2 aliphatic heterocycles. The van der Waals surface area contributed by atoms with Gasteiger partial charge in [0.2, 0.25) is 5.91 Å². The minimum Gasteiger partial charge on any atom is -0.340 e. The second-order valence-corrected chi connectivity index (χ2v) is 6.34. The number of nitrogens with one attached hydrogen (secondary N) is 1. The van der Waals surface area contributed by atoms with E-state index in [0.717, 1.165) is 51.9 Å². The van der Waals surface area contributed by atoms with Gasteiger partial charge in [-0.25, -0.2) is 4.79 Å². The number of amides is 3. The molecular weight excluding hydrogens is 254 g/mol. The van der Waals surface area contributed by atoms with Gasteiger partial charge in [-0.1, -0.05) is 19.3 Å². The molecule has 1 saturated carbocycles. The van der Waals surface area contributed by atoms with E-state index in [1.54, 1.807) is 0 Å². The molecule has 3 rings (SSSR count). The predicted molar refractivity (Wildman–Crippen MR) is 76.3 cm³/mol. The van der Waals surface area contributed by atoms with Gasteiger partial charge in [0.05, 0.1) is 6.04 Å². The summed E-state index contributed by atoms with van der Waals surface area (Å²) in [7, 11) is 0. The van der Waals surface area contributed by atoms with Gasteiger partial charge < -0.3 is 15.1 Å². The molecule has 5 heteroatoms. The Balaban J connectivity index is 1.59. The lowest BCUT2D eigenvalue weighted by Crippen LogP contribution is -2.52. The van der Waals surface area contributed by atoms with Gasteiger partial charge in [-0.2, -0.15) is 0 Å². The van der Waals surface area contributed by atoms with Crippen molar-refractivity contribution < 1.29 is 9.59 Å². The third-order valence-corrected chi connectivity index (χ3v) is 4.99. The molecule has 2 heterocycles. The molecule has 0 radical (unpaired) electrons. The highest BCUT2D eigenvalue weighted by atomic mass is 16.2. The molecule has 0 bridgehead atoms. The van der Waals surface area contributed by atoms with Crippen LogP contribution in [0.15, 0.2) is 0 Å². The SMILES string of the molecule is O=C(C1CCCCC1)N1CCCC(N2CCNC2=O)C1. The molecule has 1 atom stereocenters. The molecule has 3 aliphatic rings. The quantitative estimate of drug-likeness (QED) is 0.834. The Kier molecular flexibility index (Phi) is 4.13. The first-order valence-electron chi connectivity index (χ1n) is 8.09. The summed E-state index contributed by atoms with van der Waals surface area (Å²) in [6.45, 7) is 3.14.